The zero-order valence-corrected chi connectivity index (χ0v) is 10.4. The van der Waals surface area contributed by atoms with Crippen molar-refractivity contribution in [3.8, 4) is 0 Å². The number of aromatic nitrogens is 4. The van der Waals surface area contributed by atoms with Crippen LogP contribution in [0.2, 0.25) is 0 Å². The zero-order chi connectivity index (χ0) is 12.4. The van der Waals surface area contributed by atoms with Crippen LogP contribution in [-0.2, 0) is 0 Å². The molecule has 2 aromatic rings. The van der Waals surface area contributed by atoms with Gasteiger partial charge in [-0.3, -0.25) is 0 Å². The van der Waals surface area contributed by atoms with Gasteiger partial charge in [-0.1, -0.05) is 0 Å². The molecule has 2 aromatic heterocycles. The van der Waals surface area contributed by atoms with Crippen LogP contribution < -0.4 is 11.3 Å². The molecule has 3 rings (SSSR count). The van der Waals surface area contributed by atoms with E-state index >= 15 is 0 Å². The molecule has 0 radical (unpaired) electrons. The summed E-state index contributed by atoms with van der Waals surface area (Å²) in [5.41, 5.74) is 2.57. The van der Waals surface area contributed by atoms with Gasteiger partial charge in [0.15, 0.2) is 5.16 Å². The van der Waals surface area contributed by atoms with E-state index in [9.17, 15) is 0 Å². The highest BCUT2D eigenvalue weighted by Crippen LogP contribution is 2.39. The third-order valence-electron chi connectivity index (χ3n) is 2.55. The Bertz CT molecular complexity index is 542. The van der Waals surface area contributed by atoms with Gasteiger partial charge in [0, 0.05) is 24.4 Å². The standard InChI is InChI=1S/C11H12N6S/c12-17-8-6-9(16-10(15-8)7-2-3-7)18-11-13-4-1-5-14-11/h1,4-7H,2-3,12H2,(H,15,16,17). The maximum atomic E-state index is 5.42. The van der Waals surface area contributed by atoms with Crippen molar-refractivity contribution in [2.75, 3.05) is 5.43 Å². The fraction of sp³-hybridized carbons (Fsp3) is 0.273. The van der Waals surface area contributed by atoms with Crippen molar-refractivity contribution >= 4 is 17.6 Å². The Morgan fingerprint density at radius 2 is 2.00 bits per heavy atom. The first-order chi connectivity index (χ1) is 8.85. The molecule has 0 bridgehead atoms. The zero-order valence-electron chi connectivity index (χ0n) is 9.58. The molecule has 0 aromatic carbocycles. The number of rotatable bonds is 4. The Labute approximate surface area is 108 Å². The molecule has 1 aliphatic rings. The lowest BCUT2D eigenvalue weighted by atomic mass is 10.4. The van der Waals surface area contributed by atoms with Crippen LogP contribution in [0, 0.1) is 0 Å². The van der Waals surface area contributed by atoms with Gasteiger partial charge in [-0.15, -0.1) is 0 Å². The van der Waals surface area contributed by atoms with Crippen LogP contribution in [0.4, 0.5) is 5.82 Å². The summed E-state index contributed by atoms with van der Waals surface area (Å²) >= 11 is 1.41. The van der Waals surface area contributed by atoms with E-state index in [-0.39, 0.29) is 0 Å². The first-order valence-electron chi connectivity index (χ1n) is 5.65. The first kappa shape index (κ1) is 11.4. The highest BCUT2D eigenvalue weighted by molar-refractivity contribution is 7.99. The van der Waals surface area contributed by atoms with Crippen LogP contribution >= 0.6 is 11.8 Å². The summed E-state index contributed by atoms with van der Waals surface area (Å²) in [5, 5.41) is 1.48. The maximum absolute atomic E-state index is 5.42. The molecule has 1 saturated carbocycles. The molecule has 0 aliphatic heterocycles. The van der Waals surface area contributed by atoms with Crippen molar-refractivity contribution in [2.45, 2.75) is 28.9 Å². The third-order valence-corrected chi connectivity index (χ3v) is 3.36. The van der Waals surface area contributed by atoms with Gasteiger partial charge in [0.05, 0.1) is 0 Å². The molecule has 92 valence electrons. The van der Waals surface area contributed by atoms with Crippen LogP contribution in [0.1, 0.15) is 24.6 Å². The topological polar surface area (TPSA) is 89.6 Å². The number of nitrogens with one attached hydrogen (secondary N) is 1. The van der Waals surface area contributed by atoms with Crippen molar-refractivity contribution in [1.82, 2.24) is 19.9 Å². The Morgan fingerprint density at radius 1 is 1.22 bits per heavy atom. The smallest absolute Gasteiger partial charge is 0.193 e. The minimum absolute atomic E-state index is 0.481. The second kappa shape index (κ2) is 4.87. The second-order valence-electron chi connectivity index (χ2n) is 4.00. The SMILES string of the molecule is NNc1cc(Sc2ncccn2)nc(C2CC2)n1. The Kier molecular flexibility index (Phi) is 3.07. The van der Waals surface area contributed by atoms with Gasteiger partial charge in [-0.05, 0) is 30.7 Å². The summed E-state index contributed by atoms with van der Waals surface area (Å²) in [7, 11) is 0. The van der Waals surface area contributed by atoms with Crippen molar-refractivity contribution in [2.24, 2.45) is 5.84 Å². The van der Waals surface area contributed by atoms with Crippen molar-refractivity contribution < 1.29 is 0 Å². The molecule has 0 saturated heterocycles. The molecule has 0 unspecified atom stereocenters. The van der Waals surface area contributed by atoms with E-state index in [4.69, 9.17) is 5.84 Å². The summed E-state index contributed by atoms with van der Waals surface area (Å²) in [4.78, 5) is 17.2. The summed E-state index contributed by atoms with van der Waals surface area (Å²) < 4.78 is 0. The number of nitrogens with zero attached hydrogens (tertiary/aromatic N) is 4. The fourth-order valence-corrected chi connectivity index (χ4v) is 2.25. The van der Waals surface area contributed by atoms with Crippen molar-refractivity contribution in [1.29, 1.82) is 0 Å². The van der Waals surface area contributed by atoms with Gasteiger partial charge >= 0.3 is 0 Å². The summed E-state index contributed by atoms with van der Waals surface area (Å²) in [6.07, 6.45) is 5.72. The van der Waals surface area contributed by atoms with E-state index in [0.29, 0.717) is 16.9 Å². The van der Waals surface area contributed by atoms with Crippen LogP contribution in [0.15, 0.2) is 34.7 Å². The molecule has 1 fully saturated rings. The lowest BCUT2D eigenvalue weighted by molar-refractivity contribution is 0.873. The summed E-state index contributed by atoms with van der Waals surface area (Å²) in [6.45, 7) is 0. The monoisotopic (exact) mass is 260 g/mol. The third kappa shape index (κ3) is 2.57. The van der Waals surface area contributed by atoms with Crippen LogP contribution in [-0.4, -0.2) is 19.9 Å². The largest absolute Gasteiger partial charge is 0.308 e. The summed E-state index contributed by atoms with van der Waals surface area (Å²) in [5.74, 6) is 7.38. The molecule has 6 nitrogen and oxygen atoms in total. The number of hydrogen-bond acceptors (Lipinski definition) is 7. The number of hydrogen-bond donors (Lipinski definition) is 2. The predicted octanol–water partition coefficient (Wildman–Crippen LogP) is 1.58. The van der Waals surface area contributed by atoms with E-state index in [1.54, 1.807) is 24.5 Å². The van der Waals surface area contributed by atoms with Gasteiger partial charge in [0.2, 0.25) is 0 Å². The minimum Gasteiger partial charge on any atom is -0.308 e. The second-order valence-corrected chi connectivity index (χ2v) is 4.99. The first-order valence-corrected chi connectivity index (χ1v) is 6.47. The molecule has 2 heterocycles. The van der Waals surface area contributed by atoms with E-state index in [0.717, 1.165) is 23.7 Å². The average molecular weight is 260 g/mol. The molecule has 0 atom stereocenters. The number of nitrogen functional groups attached to an aromatic ring is 1. The lowest BCUT2D eigenvalue weighted by Crippen LogP contribution is -2.10. The van der Waals surface area contributed by atoms with E-state index in [2.05, 4.69) is 25.4 Å². The molecule has 3 N–H and O–H groups in total. The Morgan fingerprint density at radius 3 is 2.67 bits per heavy atom. The fourth-order valence-electron chi connectivity index (χ4n) is 1.52. The van der Waals surface area contributed by atoms with Gasteiger partial charge in [0.1, 0.15) is 16.7 Å². The highest BCUT2D eigenvalue weighted by atomic mass is 32.2. The molecule has 1 aliphatic carbocycles. The average Bonchev–Trinajstić information content (AvgIpc) is 3.24. The van der Waals surface area contributed by atoms with Gasteiger partial charge < -0.3 is 5.43 Å². The molecular weight excluding hydrogens is 248 g/mol. The van der Waals surface area contributed by atoms with Crippen LogP contribution in [0.5, 0.6) is 0 Å². The van der Waals surface area contributed by atoms with Gasteiger partial charge in [-0.25, -0.2) is 25.8 Å². The number of nitrogens with two attached hydrogens (primary N) is 1. The highest BCUT2D eigenvalue weighted by Gasteiger charge is 2.27. The lowest BCUT2D eigenvalue weighted by Gasteiger charge is -2.05. The van der Waals surface area contributed by atoms with Crippen molar-refractivity contribution in [3.63, 3.8) is 0 Å². The Balaban J connectivity index is 1.88. The molecule has 0 spiro atoms. The maximum Gasteiger partial charge on any atom is 0.193 e. The summed E-state index contributed by atoms with van der Waals surface area (Å²) in [6, 6.07) is 3.58. The molecule has 0 amide bonds. The van der Waals surface area contributed by atoms with Gasteiger partial charge in [0.25, 0.3) is 0 Å². The van der Waals surface area contributed by atoms with E-state index in [1.807, 2.05) is 0 Å². The normalized spacial score (nSPS) is 14.5. The van der Waals surface area contributed by atoms with Gasteiger partial charge in [-0.2, -0.15) is 0 Å². The number of anilines is 1. The van der Waals surface area contributed by atoms with Crippen LogP contribution in [0.3, 0.4) is 0 Å². The minimum atomic E-state index is 0.481. The van der Waals surface area contributed by atoms with E-state index < -0.39 is 0 Å². The van der Waals surface area contributed by atoms with E-state index in [1.165, 1.54) is 11.8 Å². The van der Waals surface area contributed by atoms with Crippen molar-refractivity contribution in [3.05, 3.63) is 30.4 Å². The quantitative estimate of drug-likeness (QED) is 0.373. The van der Waals surface area contributed by atoms with Crippen LogP contribution in [0.25, 0.3) is 0 Å². The predicted molar refractivity (Wildman–Crippen MR) is 68.0 cm³/mol. The Hall–Kier alpha value is -1.73. The molecular formula is C11H12N6S. The number of hydrazine groups is 1. The molecule has 18 heavy (non-hydrogen) atoms. The molecule has 7 heteroatoms.